The molecule has 1 aromatic heterocycles. The first kappa shape index (κ1) is 14.6. The molecule has 1 heterocycles. The van der Waals surface area contributed by atoms with Gasteiger partial charge in [-0.15, -0.1) is 0 Å². The van der Waals surface area contributed by atoms with Crippen LogP contribution >= 0.6 is 0 Å². The van der Waals surface area contributed by atoms with Gasteiger partial charge < -0.3 is 4.74 Å². The number of nitrogens with two attached hydrogens (primary N) is 1. The number of nitrogens with zero attached hydrogens (tertiary/aromatic N) is 3. The van der Waals surface area contributed by atoms with Crippen LogP contribution in [-0.2, 0) is 4.74 Å². The molecule has 2 rings (SSSR count). The number of hydrogen-bond acceptors (Lipinski definition) is 5. The smallest absolute Gasteiger partial charge is 0.102 e. The van der Waals surface area contributed by atoms with Crippen LogP contribution in [0.25, 0.3) is 5.69 Å². The van der Waals surface area contributed by atoms with Crippen molar-refractivity contribution in [2.24, 2.45) is 11.8 Å². The SMILES string of the molecule is COCCC(C)C(NN)c1cnn(-c2ccccc2)n1. The largest absolute Gasteiger partial charge is 0.385 e. The van der Waals surface area contributed by atoms with Crippen LogP contribution in [-0.4, -0.2) is 28.7 Å². The Bertz CT molecular complexity index is 513. The van der Waals surface area contributed by atoms with Crippen LogP contribution in [0.2, 0.25) is 0 Å². The molecule has 3 N–H and O–H groups in total. The summed E-state index contributed by atoms with van der Waals surface area (Å²) >= 11 is 0. The Morgan fingerprint density at radius 3 is 2.75 bits per heavy atom. The van der Waals surface area contributed by atoms with E-state index >= 15 is 0 Å². The minimum Gasteiger partial charge on any atom is -0.385 e. The van der Waals surface area contributed by atoms with Gasteiger partial charge in [-0.05, 0) is 24.5 Å². The number of hydrazine groups is 1. The van der Waals surface area contributed by atoms with E-state index < -0.39 is 0 Å². The fourth-order valence-corrected chi connectivity index (χ4v) is 2.11. The molecule has 2 atom stereocenters. The van der Waals surface area contributed by atoms with E-state index in [1.165, 1.54) is 0 Å². The molecular formula is C14H21N5O. The van der Waals surface area contributed by atoms with Gasteiger partial charge in [0.1, 0.15) is 5.69 Å². The van der Waals surface area contributed by atoms with Crippen molar-refractivity contribution in [1.82, 2.24) is 20.4 Å². The van der Waals surface area contributed by atoms with Gasteiger partial charge in [0.25, 0.3) is 0 Å². The van der Waals surface area contributed by atoms with Crippen molar-refractivity contribution in [3.63, 3.8) is 0 Å². The van der Waals surface area contributed by atoms with E-state index in [0.717, 1.165) is 17.8 Å². The lowest BCUT2D eigenvalue weighted by Gasteiger charge is -2.20. The average Bonchev–Trinajstić information content (AvgIpc) is 2.96. The zero-order chi connectivity index (χ0) is 14.4. The van der Waals surface area contributed by atoms with Gasteiger partial charge in [0.15, 0.2) is 0 Å². The van der Waals surface area contributed by atoms with Crippen LogP contribution < -0.4 is 11.3 Å². The second-order valence-corrected chi connectivity index (χ2v) is 4.80. The maximum atomic E-state index is 5.66. The van der Waals surface area contributed by atoms with E-state index in [9.17, 15) is 0 Å². The predicted octanol–water partition coefficient (Wildman–Crippen LogP) is 1.44. The molecular weight excluding hydrogens is 254 g/mol. The number of aromatic nitrogens is 3. The highest BCUT2D eigenvalue weighted by Crippen LogP contribution is 2.22. The maximum absolute atomic E-state index is 5.66. The zero-order valence-electron chi connectivity index (χ0n) is 11.9. The van der Waals surface area contributed by atoms with Crippen molar-refractivity contribution < 1.29 is 4.74 Å². The second-order valence-electron chi connectivity index (χ2n) is 4.80. The molecule has 0 aliphatic heterocycles. The predicted molar refractivity (Wildman–Crippen MR) is 77.1 cm³/mol. The Hall–Kier alpha value is -1.76. The minimum atomic E-state index is -0.0392. The number of benzene rings is 1. The Morgan fingerprint density at radius 1 is 1.35 bits per heavy atom. The maximum Gasteiger partial charge on any atom is 0.102 e. The highest BCUT2D eigenvalue weighted by molar-refractivity contribution is 5.28. The molecule has 6 nitrogen and oxygen atoms in total. The molecule has 0 bridgehead atoms. The lowest BCUT2D eigenvalue weighted by molar-refractivity contribution is 0.169. The number of para-hydroxylation sites is 1. The third-order valence-corrected chi connectivity index (χ3v) is 3.34. The molecule has 108 valence electrons. The quantitative estimate of drug-likeness (QED) is 0.590. The number of hydrogen-bond donors (Lipinski definition) is 2. The number of methoxy groups -OCH3 is 1. The van der Waals surface area contributed by atoms with Crippen molar-refractivity contribution >= 4 is 0 Å². The van der Waals surface area contributed by atoms with Gasteiger partial charge in [0.2, 0.25) is 0 Å². The van der Waals surface area contributed by atoms with Crippen LogP contribution in [0.15, 0.2) is 36.5 Å². The second kappa shape index (κ2) is 7.14. The highest BCUT2D eigenvalue weighted by Gasteiger charge is 2.21. The number of rotatable bonds is 7. The molecule has 6 heteroatoms. The van der Waals surface area contributed by atoms with E-state index in [-0.39, 0.29) is 6.04 Å². The minimum absolute atomic E-state index is 0.0392. The van der Waals surface area contributed by atoms with Crippen molar-refractivity contribution in [3.05, 3.63) is 42.2 Å². The summed E-state index contributed by atoms with van der Waals surface area (Å²) in [7, 11) is 1.70. The van der Waals surface area contributed by atoms with Crippen LogP contribution in [0.5, 0.6) is 0 Å². The Kier molecular flexibility index (Phi) is 5.23. The Balaban J connectivity index is 2.14. The first-order valence-corrected chi connectivity index (χ1v) is 6.69. The molecule has 2 unspecified atom stereocenters. The number of ether oxygens (including phenoxy) is 1. The summed E-state index contributed by atoms with van der Waals surface area (Å²) in [5.74, 6) is 5.96. The Labute approximate surface area is 118 Å². The molecule has 2 aromatic rings. The standard InChI is InChI=1S/C14H21N5O/c1-11(8-9-20-2)14(17-15)13-10-16-19(18-13)12-6-4-3-5-7-12/h3-7,10-11,14,17H,8-9,15H2,1-2H3. The summed E-state index contributed by atoms with van der Waals surface area (Å²) in [4.78, 5) is 1.61. The summed E-state index contributed by atoms with van der Waals surface area (Å²) in [6.07, 6.45) is 2.66. The van der Waals surface area contributed by atoms with Gasteiger partial charge in [-0.25, -0.2) is 0 Å². The normalized spacial score (nSPS) is 14.2. The molecule has 20 heavy (non-hydrogen) atoms. The van der Waals surface area contributed by atoms with Crippen molar-refractivity contribution in [1.29, 1.82) is 0 Å². The van der Waals surface area contributed by atoms with Gasteiger partial charge in [-0.2, -0.15) is 15.0 Å². The van der Waals surface area contributed by atoms with E-state index in [4.69, 9.17) is 10.6 Å². The van der Waals surface area contributed by atoms with Gasteiger partial charge in [-0.1, -0.05) is 25.1 Å². The molecule has 0 amide bonds. The summed E-state index contributed by atoms with van der Waals surface area (Å²) in [6.45, 7) is 2.82. The monoisotopic (exact) mass is 275 g/mol. The van der Waals surface area contributed by atoms with Crippen molar-refractivity contribution in [2.75, 3.05) is 13.7 Å². The first-order chi connectivity index (χ1) is 9.76. The molecule has 0 spiro atoms. The van der Waals surface area contributed by atoms with Crippen LogP contribution in [0.3, 0.4) is 0 Å². The Morgan fingerprint density at radius 2 is 2.10 bits per heavy atom. The van der Waals surface area contributed by atoms with Crippen LogP contribution in [0, 0.1) is 5.92 Å². The molecule has 1 aromatic carbocycles. The summed E-state index contributed by atoms with van der Waals surface area (Å²) in [6, 6.07) is 9.76. The van der Waals surface area contributed by atoms with Crippen LogP contribution in [0.1, 0.15) is 25.1 Å². The lowest BCUT2D eigenvalue weighted by Crippen LogP contribution is -2.33. The summed E-state index contributed by atoms with van der Waals surface area (Å²) in [5, 5.41) is 8.80. The van der Waals surface area contributed by atoms with E-state index in [1.54, 1.807) is 18.1 Å². The fraction of sp³-hybridized carbons (Fsp3) is 0.429. The molecule has 0 saturated heterocycles. The van der Waals surface area contributed by atoms with E-state index in [0.29, 0.717) is 12.5 Å². The third kappa shape index (κ3) is 3.41. The first-order valence-electron chi connectivity index (χ1n) is 6.69. The topological polar surface area (TPSA) is 78.0 Å². The van der Waals surface area contributed by atoms with Crippen molar-refractivity contribution in [3.8, 4) is 5.69 Å². The van der Waals surface area contributed by atoms with E-state index in [1.807, 2.05) is 30.3 Å². The van der Waals surface area contributed by atoms with E-state index in [2.05, 4.69) is 22.5 Å². The summed E-state index contributed by atoms with van der Waals surface area (Å²) < 4.78 is 5.11. The van der Waals surface area contributed by atoms with Gasteiger partial charge in [0.05, 0.1) is 17.9 Å². The number of nitrogens with one attached hydrogen (secondary N) is 1. The molecule has 0 saturated carbocycles. The third-order valence-electron chi connectivity index (χ3n) is 3.34. The lowest BCUT2D eigenvalue weighted by atomic mass is 9.97. The van der Waals surface area contributed by atoms with Crippen molar-refractivity contribution in [2.45, 2.75) is 19.4 Å². The van der Waals surface area contributed by atoms with Crippen LogP contribution in [0.4, 0.5) is 0 Å². The zero-order valence-corrected chi connectivity index (χ0v) is 11.9. The molecule has 0 radical (unpaired) electrons. The fourth-order valence-electron chi connectivity index (χ4n) is 2.11. The molecule has 0 aliphatic rings. The summed E-state index contributed by atoms with van der Waals surface area (Å²) in [5.41, 5.74) is 4.58. The molecule has 0 fully saturated rings. The van der Waals surface area contributed by atoms with Gasteiger partial charge in [0, 0.05) is 13.7 Å². The van der Waals surface area contributed by atoms with Gasteiger partial charge in [-0.3, -0.25) is 11.3 Å². The molecule has 0 aliphatic carbocycles. The highest BCUT2D eigenvalue weighted by atomic mass is 16.5. The average molecular weight is 275 g/mol. The van der Waals surface area contributed by atoms with Gasteiger partial charge >= 0.3 is 0 Å².